The molecule has 0 radical (unpaired) electrons. The van der Waals surface area contributed by atoms with Crippen LogP contribution in [0.1, 0.15) is 29.7 Å². The highest BCUT2D eigenvalue weighted by molar-refractivity contribution is 5.92. The average molecular weight is 433 g/mol. The van der Waals surface area contributed by atoms with Gasteiger partial charge in [-0.05, 0) is 79.5 Å². The van der Waals surface area contributed by atoms with E-state index < -0.39 is 0 Å². The van der Waals surface area contributed by atoms with Crippen LogP contribution < -0.4 is 11.1 Å². The second-order valence-corrected chi connectivity index (χ2v) is 8.36. The molecule has 4 heterocycles. The molecule has 1 aromatic carbocycles. The first kappa shape index (κ1) is 20.4. The topological polar surface area (TPSA) is 87.4 Å². The third kappa shape index (κ3) is 4.27. The monoisotopic (exact) mass is 432 g/mol. The highest BCUT2D eigenvalue weighted by Crippen LogP contribution is 2.26. The van der Waals surface area contributed by atoms with Gasteiger partial charge in [-0.15, -0.1) is 0 Å². The normalized spacial score (nSPS) is 15.7. The predicted octanol–water partition coefficient (Wildman–Crippen LogP) is 4.01. The Morgan fingerprint density at radius 3 is 2.66 bits per heavy atom. The number of halogens is 1. The fourth-order valence-electron chi connectivity index (χ4n) is 4.27. The van der Waals surface area contributed by atoms with Crippen molar-refractivity contribution in [2.24, 2.45) is 0 Å². The summed E-state index contributed by atoms with van der Waals surface area (Å²) in [7, 11) is 0. The number of nitrogens with two attached hydrogens (primary N) is 1. The van der Waals surface area contributed by atoms with Crippen molar-refractivity contribution in [1.29, 1.82) is 0 Å². The van der Waals surface area contributed by atoms with Crippen LogP contribution in [0, 0.1) is 5.82 Å². The Bertz CT molecular complexity index is 1140. The molecule has 3 N–H and O–H groups in total. The number of hydrogen-bond donors (Lipinski definition) is 2. The fraction of sp³-hybridized carbons (Fsp3) is 0.292. The number of pyridine rings is 2. The average Bonchev–Trinajstić information content (AvgIpc) is 3.45. The van der Waals surface area contributed by atoms with Crippen molar-refractivity contribution in [3.63, 3.8) is 0 Å². The first-order valence-electron chi connectivity index (χ1n) is 10.8. The SMILES string of the molecule is Nc1ccc(-c2ccc(F)cc2)nc1NC(=O)N1Cc2cc(CN3CCCC3)cnc2C1. The molecule has 2 amide bonds. The molecule has 5 rings (SSSR count). The van der Waals surface area contributed by atoms with Crippen LogP contribution in [-0.2, 0) is 19.6 Å². The number of fused-ring (bicyclic) bond motifs is 1. The molecule has 2 aliphatic heterocycles. The Morgan fingerprint density at radius 1 is 1.09 bits per heavy atom. The Hall–Kier alpha value is -3.52. The molecule has 1 fully saturated rings. The van der Waals surface area contributed by atoms with Gasteiger partial charge in [0.25, 0.3) is 0 Å². The first-order valence-corrected chi connectivity index (χ1v) is 10.8. The number of rotatable bonds is 4. The molecule has 1 saturated heterocycles. The summed E-state index contributed by atoms with van der Waals surface area (Å²) >= 11 is 0. The van der Waals surface area contributed by atoms with Crippen LogP contribution >= 0.6 is 0 Å². The number of amides is 2. The van der Waals surface area contributed by atoms with Crippen LogP contribution in [0.4, 0.5) is 20.7 Å². The van der Waals surface area contributed by atoms with E-state index in [-0.39, 0.29) is 17.7 Å². The Morgan fingerprint density at radius 2 is 1.88 bits per heavy atom. The second-order valence-electron chi connectivity index (χ2n) is 8.36. The number of carbonyl (C=O) groups is 1. The molecule has 7 nitrogen and oxygen atoms in total. The molecule has 32 heavy (non-hydrogen) atoms. The quantitative estimate of drug-likeness (QED) is 0.651. The van der Waals surface area contributed by atoms with E-state index in [0.717, 1.165) is 36.5 Å². The smallest absolute Gasteiger partial charge is 0.323 e. The summed E-state index contributed by atoms with van der Waals surface area (Å²) < 4.78 is 13.2. The largest absolute Gasteiger partial charge is 0.396 e. The maximum atomic E-state index is 13.2. The van der Waals surface area contributed by atoms with E-state index in [1.165, 1.54) is 30.5 Å². The number of benzene rings is 1. The van der Waals surface area contributed by atoms with E-state index in [9.17, 15) is 9.18 Å². The lowest BCUT2D eigenvalue weighted by Crippen LogP contribution is -2.31. The van der Waals surface area contributed by atoms with Gasteiger partial charge in [0.2, 0.25) is 0 Å². The van der Waals surface area contributed by atoms with Crippen LogP contribution in [0.5, 0.6) is 0 Å². The molecule has 8 heteroatoms. The first-order chi connectivity index (χ1) is 15.5. The molecular weight excluding hydrogens is 407 g/mol. The van der Waals surface area contributed by atoms with Gasteiger partial charge >= 0.3 is 6.03 Å². The Kier molecular flexibility index (Phi) is 5.45. The summed E-state index contributed by atoms with van der Waals surface area (Å²) in [6.45, 7) is 4.12. The van der Waals surface area contributed by atoms with E-state index in [1.54, 1.807) is 29.2 Å². The van der Waals surface area contributed by atoms with E-state index in [1.807, 2.05) is 6.20 Å². The maximum Gasteiger partial charge on any atom is 0.323 e. The molecule has 2 aromatic heterocycles. The summed E-state index contributed by atoms with van der Waals surface area (Å²) in [6, 6.07) is 11.3. The molecular formula is C24H25FN6O. The number of aromatic nitrogens is 2. The van der Waals surface area contributed by atoms with Crippen molar-refractivity contribution in [3.05, 3.63) is 71.3 Å². The second kappa shape index (κ2) is 8.55. The fourth-order valence-corrected chi connectivity index (χ4v) is 4.27. The summed E-state index contributed by atoms with van der Waals surface area (Å²) in [6.07, 6.45) is 4.43. The summed E-state index contributed by atoms with van der Waals surface area (Å²) in [5.41, 5.74) is 11.0. The van der Waals surface area contributed by atoms with Crippen molar-refractivity contribution in [2.45, 2.75) is 32.5 Å². The molecule has 0 unspecified atom stereocenters. The number of anilines is 2. The molecule has 0 aliphatic carbocycles. The van der Waals surface area contributed by atoms with Gasteiger partial charge in [-0.25, -0.2) is 14.2 Å². The van der Waals surface area contributed by atoms with Gasteiger partial charge in [-0.3, -0.25) is 15.2 Å². The lowest BCUT2D eigenvalue weighted by molar-refractivity contribution is 0.212. The van der Waals surface area contributed by atoms with Gasteiger partial charge in [-0.1, -0.05) is 0 Å². The van der Waals surface area contributed by atoms with E-state index in [4.69, 9.17) is 5.73 Å². The number of nitrogens with one attached hydrogen (secondary N) is 1. The molecule has 3 aromatic rings. The van der Waals surface area contributed by atoms with Crippen LogP contribution in [0.2, 0.25) is 0 Å². The van der Waals surface area contributed by atoms with Gasteiger partial charge in [-0.2, -0.15) is 0 Å². The molecule has 2 aliphatic rings. The van der Waals surface area contributed by atoms with Crippen molar-refractivity contribution in [2.75, 3.05) is 24.1 Å². The van der Waals surface area contributed by atoms with Crippen LogP contribution in [0.25, 0.3) is 11.3 Å². The standard InChI is InChI=1S/C24H25FN6O/c25-19-5-3-17(4-6-19)21-8-7-20(26)23(28-21)29-24(32)31-14-18-11-16(12-27-22(18)15-31)13-30-9-1-2-10-30/h3-8,11-12H,1-2,9-10,13-15,26H2,(H,28,29,32). The third-order valence-corrected chi connectivity index (χ3v) is 6.00. The zero-order valence-electron chi connectivity index (χ0n) is 17.7. The van der Waals surface area contributed by atoms with E-state index >= 15 is 0 Å². The van der Waals surface area contributed by atoms with Crippen LogP contribution in [-0.4, -0.2) is 38.9 Å². The summed E-state index contributed by atoms with van der Waals surface area (Å²) in [5, 5.41) is 2.82. The predicted molar refractivity (Wildman–Crippen MR) is 121 cm³/mol. The number of nitrogen functional groups attached to an aromatic ring is 1. The van der Waals surface area contributed by atoms with Crippen molar-refractivity contribution < 1.29 is 9.18 Å². The van der Waals surface area contributed by atoms with Crippen molar-refractivity contribution in [3.8, 4) is 11.3 Å². The number of nitrogens with zero attached hydrogens (tertiary/aromatic N) is 4. The molecule has 0 atom stereocenters. The highest BCUT2D eigenvalue weighted by atomic mass is 19.1. The minimum Gasteiger partial charge on any atom is -0.396 e. The van der Waals surface area contributed by atoms with E-state index in [0.29, 0.717) is 24.5 Å². The Balaban J connectivity index is 1.27. The van der Waals surface area contributed by atoms with Crippen molar-refractivity contribution >= 4 is 17.5 Å². The number of hydrogen-bond acceptors (Lipinski definition) is 5. The number of carbonyl (C=O) groups excluding carboxylic acids is 1. The molecule has 0 bridgehead atoms. The third-order valence-electron chi connectivity index (χ3n) is 6.00. The molecule has 0 saturated carbocycles. The van der Waals surface area contributed by atoms with Gasteiger partial charge in [0, 0.05) is 24.8 Å². The van der Waals surface area contributed by atoms with Gasteiger partial charge < -0.3 is 10.6 Å². The summed E-state index contributed by atoms with van der Waals surface area (Å²) in [5.74, 6) is -0.0287. The van der Waals surface area contributed by atoms with Crippen LogP contribution in [0.15, 0.2) is 48.7 Å². The van der Waals surface area contributed by atoms with Gasteiger partial charge in [0.15, 0.2) is 5.82 Å². The molecule has 0 spiro atoms. The number of urea groups is 1. The zero-order valence-corrected chi connectivity index (χ0v) is 17.7. The van der Waals surface area contributed by atoms with Gasteiger partial charge in [0.05, 0.1) is 23.6 Å². The zero-order chi connectivity index (χ0) is 22.1. The lowest BCUT2D eigenvalue weighted by Gasteiger charge is -2.17. The lowest BCUT2D eigenvalue weighted by atomic mass is 10.1. The highest BCUT2D eigenvalue weighted by Gasteiger charge is 2.26. The minimum atomic E-state index is -0.316. The van der Waals surface area contributed by atoms with Crippen LogP contribution in [0.3, 0.4) is 0 Å². The minimum absolute atomic E-state index is 0.278. The van der Waals surface area contributed by atoms with Crippen molar-refractivity contribution in [1.82, 2.24) is 19.8 Å². The Labute approximate surface area is 186 Å². The number of likely N-dealkylation sites (tertiary alicyclic amines) is 1. The van der Waals surface area contributed by atoms with E-state index in [2.05, 4.69) is 26.3 Å². The summed E-state index contributed by atoms with van der Waals surface area (Å²) in [4.78, 5) is 26.1. The van der Waals surface area contributed by atoms with Gasteiger partial charge in [0.1, 0.15) is 5.82 Å². The molecule has 164 valence electrons. The maximum absolute atomic E-state index is 13.2.